The maximum absolute atomic E-state index is 12.3. The largest absolute Gasteiger partial charge is 0.391 e. The molecule has 0 saturated carbocycles. The molecule has 1 rings (SSSR count). The Labute approximate surface area is 138 Å². The van der Waals surface area contributed by atoms with E-state index in [0.29, 0.717) is 12.0 Å². The molecule has 1 aromatic rings. The van der Waals surface area contributed by atoms with Crippen LogP contribution >= 0.6 is 0 Å². The number of carbonyl (C=O) groups excluding carboxylic acids is 2. The number of aliphatic hydroxyl groups excluding tert-OH is 1. The van der Waals surface area contributed by atoms with Crippen molar-refractivity contribution in [3.63, 3.8) is 0 Å². The molecule has 2 atom stereocenters. The molecule has 23 heavy (non-hydrogen) atoms. The monoisotopic (exact) mass is 320 g/mol. The topological polar surface area (TPSA) is 78.4 Å². The van der Waals surface area contributed by atoms with E-state index < -0.39 is 12.1 Å². The van der Waals surface area contributed by atoms with Crippen LogP contribution in [0.3, 0.4) is 0 Å². The molecule has 0 saturated heterocycles. The van der Waals surface area contributed by atoms with Crippen LogP contribution in [0.2, 0.25) is 0 Å². The van der Waals surface area contributed by atoms with Crippen LogP contribution in [0.1, 0.15) is 49.5 Å². The zero-order chi connectivity index (χ0) is 17.4. The van der Waals surface area contributed by atoms with Gasteiger partial charge in [0, 0.05) is 12.1 Å². The quantitative estimate of drug-likeness (QED) is 0.686. The molecule has 2 amide bonds. The fraction of sp³-hybridized carbons (Fsp3) is 0.556. The highest BCUT2D eigenvalue weighted by molar-refractivity contribution is 5.97. The first-order valence-electron chi connectivity index (χ1n) is 8.18. The molecule has 3 N–H and O–H groups in total. The molecule has 0 bridgehead atoms. The lowest BCUT2D eigenvalue weighted by molar-refractivity contribution is -0.124. The Hall–Kier alpha value is -1.88. The highest BCUT2D eigenvalue weighted by Gasteiger charge is 2.24. The van der Waals surface area contributed by atoms with Crippen molar-refractivity contribution in [3.05, 3.63) is 35.4 Å². The molecule has 0 aliphatic carbocycles. The van der Waals surface area contributed by atoms with Crippen molar-refractivity contribution in [2.75, 3.05) is 6.54 Å². The molecule has 1 aromatic carbocycles. The van der Waals surface area contributed by atoms with Crippen LogP contribution in [-0.2, 0) is 4.79 Å². The standard InChI is InChI=1S/C18H28N2O3/c1-5-7-15(21)11-19-18(23)16(12(2)3)20-17(22)14-9-6-8-13(4)10-14/h6,8-10,12,15-16,21H,5,7,11H2,1-4H3,(H,19,23)(H,20,22). The third-order valence-electron chi connectivity index (χ3n) is 3.65. The molecular weight excluding hydrogens is 292 g/mol. The third-order valence-corrected chi connectivity index (χ3v) is 3.65. The molecule has 128 valence electrons. The van der Waals surface area contributed by atoms with Gasteiger partial charge in [0.2, 0.25) is 5.91 Å². The number of nitrogens with one attached hydrogen (secondary N) is 2. The summed E-state index contributed by atoms with van der Waals surface area (Å²) in [5, 5.41) is 15.2. The normalized spacial score (nSPS) is 13.5. The molecule has 2 unspecified atom stereocenters. The number of amides is 2. The third kappa shape index (κ3) is 6.40. The van der Waals surface area contributed by atoms with Gasteiger partial charge in [-0.3, -0.25) is 9.59 Å². The molecular formula is C18H28N2O3. The summed E-state index contributed by atoms with van der Waals surface area (Å²) >= 11 is 0. The van der Waals surface area contributed by atoms with E-state index >= 15 is 0 Å². The summed E-state index contributed by atoms with van der Waals surface area (Å²) < 4.78 is 0. The highest BCUT2D eigenvalue weighted by Crippen LogP contribution is 2.07. The summed E-state index contributed by atoms with van der Waals surface area (Å²) in [7, 11) is 0. The predicted molar refractivity (Wildman–Crippen MR) is 91.2 cm³/mol. The number of aliphatic hydroxyl groups is 1. The molecule has 0 heterocycles. The second-order valence-corrected chi connectivity index (χ2v) is 6.25. The molecule has 0 spiro atoms. The van der Waals surface area contributed by atoms with Crippen LogP contribution in [0, 0.1) is 12.8 Å². The van der Waals surface area contributed by atoms with Gasteiger partial charge in [-0.15, -0.1) is 0 Å². The lowest BCUT2D eigenvalue weighted by Gasteiger charge is -2.22. The zero-order valence-electron chi connectivity index (χ0n) is 14.4. The van der Waals surface area contributed by atoms with Gasteiger partial charge in [-0.2, -0.15) is 0 Å². The molecule has 0 fully saturated rings. The lowest BCUT2D eigenvalue weighted by atomic mass is 10.0. The van der Waals surface area contributed by atoms with E-state index in [2.05, 4.69) is 10.6 Å². The van der Waals surface area contributed by atoms with Crippen LogP contribution in [0.4, 0.5) is 0 Å². The number of carbonyl (C=O) groups is 2. The van der Waals surface area contributed by atoms with E-state index in [1.807, 2.05) is 39.8 Å². The number of hydrogen-bond acceptors (Lipinski definition) is 3. The Bertz CT molecular complexity index is 529. The lowest BCUT2D eigenvalue weighted by Crippen LogP contribution is -2.51. The van der Waals surface area contributed by atoms with E-state index in [1.54, 1.807) is 12.1 Å². The molecule has 0 aromatic heterocycles. The van der Waals surface area contributed by atoms with Gasteiger partial charge in [-0.25, -0.2) is 0 Å². The Balaban J connectivity index is 2.67. The van der Waals surface area contributed by atoms with Crippen molar-refractivity contribution in [2.45, 2.75) is 52.7 Å². The van der Waals surface area contributed by atoms with Gasteiger partial charge >= 0.3 is 0 Å². The maximum atomic E-state index is 12.3. The Morgan fingerprint density at radius 2 is 1.96 bits per heavy atom. The van der Waals surface area contributed by atoms with Gasteiger partial charge < -0.3 is 15.7 Å². The van der Waals surface area contributed by atoms with Crippen LogP contribution in [0.15, 0.2) is 24.3 Å². The van der Waals surface area contributed by atoms with Crippen molar-refractivity contribution < 1.29 is 14.7 Å². The molecule has 0 radical (unpaired) electrons. The number of hydrogen-bond donors (Lipinski definition) is 3. The van der Waals surface area contributed by atoms with E-state index in [1.165, 1.54) is 0 Å². The average Bonchev–Trinajstić information content (AvgIpc) is 2.50. The minimum absolute atomic E-state index is 0.0490. The van der Waals surface area contributed by atoms with Crippen LogP contribution in [0.5, 0.6) is 0 Å². The van der Waals surface area contributed by atoms with Crippen molar-refractivity contribution in [1.82, 2.24) is 10.6 Å². The number of aryl methyl sites for hydroxylation is 1. The highest BCUT2D eigenvalue weighted by atomic mass is 16.3. The molecule has 0 aliphatic heterocycles. The SMILES string of the molecule is CCCC(O)CNC(=O)C(NC(=O)c1cccc(C)c1)C(C)C. The van der Waals surface area contributed by atoms with Crippen LogP contribution in [0.25, 0.3) is 0 Å². The second-order valence-electron chi connectivity index (χ2n) is 6.25. The van der Waals surface area contributed by atoms with Crippen molar-refractivity contribution >= 4 is 11.8 Å². The average molecular weight is 320 g/mol. The van der Waals surface area contributed by atoms with Gasteiger partial charge in [-0.05, 0) is 31.4 Å². The predicted octanol–water partition coefficient (Wildman–Crippen LogP) is 2.03. The molecule has 5 nitrogen and oxygen atoms in total. The molecule has 5 heteroatoms. The summed E-state index contributed by atoms with van der Waals surface area (Å²) in [5.74, 6) is -0.583. The summed E-state index contributed by atoms with van der Waals surface area (Å²) in [6.07, 6.45) is 0.945. The smallest absolute Gasteiger partial charge is 0.251 e. The van der Waals surface area contributed by atoms with Gasteiger partial charge in [0.25, 0.3) is 5.91 Å². The minimum Gasteiger partial charge on any atom is -0.391 e. The zero-order valence-corrected chi connectivity index (χ0v) is 14.4. The van der Waals surface area contributed by atoms with Gasteiger partial charge in [0.1, 0.15) is 6.04 Å². The van der Waals surface area contributed by atoms with E-state index in [4.69, 9.17) is 0 Å². The Kier molecular flexibility index (Phi) is 7.75. The summed E-state index contributed by atoms with van der Waals surface area (Å²) in [5.41, 5.74) is 1.53. The van der Waals surface area contributed by atoms with Crippen molar-refractivity contribution in [3.8, 4) is 0 Å². The van der Waals surface area contributed by atoms with E-state index in [0.717, 1.165) is 12.0 Å². The maximum Gasteiger partial charge on any atom is 0.251 e. The van der Waals surface area contributed by atoms with E-state index in [9.17, 15) is 14.7 Å². The fourth-order valence-electron chi connectivity index (χ4n) is 2.31. The first-order chi connectivity index (χ1) is 10.8. The van der Waals surface area contributed by atoms with Crippen molar-refractivity contribution in [1.29, 1.82) is 0 Å². The number of rotatable bonds is 8. The first kappa shape index (κ1) is 19.2. The van der Waals surface area contributed by atoms with E-state index in [-0.39, 0.29) is 24.3 Å². The van der Waals surface area contributed by atoms with Gasteiger partial charge in [0.15, 0.2) is 0 Å². The van der Waals surface area contributed by atoms with Crippen molar-refractivity contribution in [2.24, 2.45) is 5.92 Å². The van der Waals surface area contributed by atoms with Gasteiger partial charge in [-0.1, -0.05) is 44.9 Å². The summed E-state index contributed by atoms with van der Waals surface area (Å²) in [6.45, 7) is 7.85. The fourth-order valence-corrected chi connectivity index (χ4v) is 2.31. The van der Waals surface area contributed by atoms with Crippen LogP contribution < -0.4 is 10.6 Å². The molecule has 0 aliphatic rings. The van der Waals surface area contributed by atoms with Crippen LogP contribution in [-0.4, -0.2) is 35.6 Å². The summed E-state index contributed by atoms with van der Waals surface area (Å²) in [6, 6.07) is 6.61. The van der Waals surface area contributed by atoms with Gasteiger partial charge in [0.05, 0.1) is 6.10 Å². The first-order valence-corrected chi connectivity index (χ1v) is 8.18. The Morgan fingerprint density at radius 1 is 1.26 bits per heavy atom. The number of benzene rings is 1. The second kappa shape index (κ2) is 9.30. The minimum atomic E-state index is -0.628. The Morgan fingerprint density at radius 3 is 2.52 bits per heavy atom. The summed E-state index contributed by atoms with van der Waals surface area (Å²) in [4.78, 5) is 24.6.